The van der Waals surface area contributed by atoms with Gasteiger partial charge in [0, 0.05) is 12.1 Å². The number of para-hydroxylation sites is 1. The lowest BCUT2D eigenvalue weighted by Crippen LogP contribution is -2.06. The van der Waals surface area contributed by atoms with E-state index >= 15 is 0 Å². The molecule has 0 saturated carbocycles. The highest BCUT2D eigenvalue weighted by molar-refractivity contribution is 5.43. The average molecular weight is 243 g/mol. The molecule has 0 unspecified atom stereocenters. The molecule has 0 amide bonds. The monoisotopic (exact) mass is 243 g/mol. The highest BCUT2D eigenvalue weighted by atomic mass is 15.3. The normalized spacial score (nSPS) is 11.2. The Morgan fingerprint density at radius 1 is 1.28 bits per heavy atom. The van der Waals surface area contributed by atoms with E-state index in [9.17, 15) is 0 Å². The first-order valence-electron chi connectivity index (χ1n) is 6.48. The Morgan fingerprint density at radius 3 is 2.67 bits per heavy atom. The first-order valence-corrected chi connectivity index (χ1v) is 6.48. The Hall–Kier alpha value is -1.61. The molecule has 2 aromatic rings. The highest BCUT2D eigenvalue weighted by Crippen LogP contribution is 2.23. The molecule has 0 saturated heterocycles. The third-order valence-corrected chi connectivity index (χ3v) is 3.13. The summed E-state index contributed by atoms with van der Waals surface area (Å²) in [6.07, 6.45) is 0.831. The number of aryl methyl sites for hydroxylation is 1. The van der Waals surface area contributed by atoms with Crippen molar-refractivity contribution in [3.05, 3.63) is 47.3 Å². The van der Waals surface area contributed by atoms with Gasteiger partial charge in [-0.1, -0.05) is 32.0 Å². The molecule has 1 aromatic carbocycles. The third kappa shape index (κ3) is 2.46. The molecule has 0 radical (unpaired) electrons. The number of hydrogen-bond acceptors (Lipinski definition) is 2. The van der Waals surface area contributed by atoms with Gasteiger partial charge in [-0.25, -0.2) is 4.68 Å². The fourth-order valence-electron chi connectivity index (χ4n) is 2.22. The van der Waals surface area contributed by atoms with Crippen molar-refractivity contribution in [1.82, 2.24) is 9.78 Å². The minimum absolute atomic E-state index is 0.489. The number of hydrogen-bond donors (Lipinski definition) is 1. The molecule has 0 fully saturated rings. The van der Waals surface area contributed by atoms with E-state index in [4.69, 9.17) is 5.73 Å². The van der Waals surface area contributed by atoms with Crippen molar-refractivity contribution in [1.29, 1.82) is 0 Å². The maximum absolute atomic E-state index is 5.59. The van der Waals surface area contributed by atoms with E-state index in [0.29, 0.717) is 12.5 Å². The maximum Gasteiger partial charge on any atom is 0.0683 e. The maximum atomic E-state index is 5.59. The minimum Gasteiger partial charge on any atom is -0.330 e. The van der Waals surface area contributed by atoms with E-state index in [-0.39, 0.29) is 0 Å². The van der Waals surface area contributed by atoms with Crippen molar-refractivity contribution >= 4 is 0 Å². The molecule has 2 rings (SSSR count). The second kappa shape index (κ2) is 5.36. The summed E-state index contributed by atoms with van der Waals surface area (Å²) in [5, 5.41) is 4.65. The van der Waals surface area contributed by atoms with Crippen LogP contribution in [0.4, 0.5) is 0 Å². The summed E-state index contributed by atoms with van der Waals surface area (Å²) in [7, 11) is 0. The van der Waals surface area contributed by atoms with Crippen LogP contribution in [0.2, 0.25) is 0 Å². The summed E-state index contributed by atoms with van der Waals surface area (Å²) in [4.78, 5) is 0. The molecule has 1 heterocycles. The van der Waals surface area contributed by atoms with Crippen LogP contribution in [-0.2, 0) is 6.42 Å². The highest BCUT2D eigenvalue weighted by Gasteiger charge is 2.11. The number of nitrogens with zero attached hydrogens (tertiary/aromatic N) is 2. The van der Waals surface area contributed by atoms with Crippen LogP contribution in [0.1, 0.15) is 36.7 Å². The van der Waals surface area contributed by atoms with E-state index in [1.807, 2.05) is 4.68 Å². The SMILES string of the molecule is Cc1cc(CCN)nn1-c1ccccc1C(C)C. The molecule has 18 heavy (non-hydrogen) atoms. The zero-order chi connectivity index (χ0) is 13.1. The van der Waals surface area contributed by atoms with Crippen molar-refractivity contribution in [3.63, 3.8) is 0 Å². The summed E-state index contributed by atoms with van der Waals surface area (Å²) in [6, 6.07) is 10.6. The van der Waals surface area contributed by atoms with Gasteiger partial charge in [-0.05, 0) is 37.1 Å². The molecule has 96 valence electrons. The van der Waals surface area contributed by atoms with Crippen molar-refractivity contribution < 1.29 is 0 Å². The molecule has 3 nitrogen and oxygen atoms in total. The molecule has 0 aliphatic carbocycles. The van der Waals surface area contributed by atoms with E-state index < -0.39 is 0 Å². The Kier molecular flexibility index (Phi) is 3.82. The number of benzene rings is 1. The Balaban J connectivity index is 2.48. The van der Waals surface area contributed by atoms with Gasteiger partial charge in [0.05, 0.1) is 11.4 Å². The van der Waals surface area contributed by atoms with Crippen LogP contribution in [0.5, 0.6) is 0 Å². The Bertz CT molecular complexity index is 526. The standard InChI is InChI=1S/C15H21N3/c1-11(2)14-6-4-5-7-15(14)18-12(3)10-13(17-18)8-9-16/h4-7,10-11H,8-9,16H2,1-3H3. The van der Waals surface area contributed by atoms with Gasteiger partial charge in [0.2, 0.25) is 0 Å². The van der Waals surface area contributed by atoms with Gasteiger partial charge in [0.15, 0.2) is 0 Å². The predicted octanol–water partition coefficient (Wildman–Crippen LogP) is 2.81. The topological polar surface area (TPSA) is 43.8 Å². The van der Waals surface area contributed by atoms with E-state index in [1.54, 1.807) is 0 Å². The number of aromatic nitrogens is 2. The van der Waals surface area contributed by atoms with Gasteiger partial charge in [-0.15, -0.1) is 0 Å². The van der Waals surface area contributed by atoms with Crippen LogP contribution in [0, 0.1) is 6.92 Å². The molecule has 2 N–H and O–H groups in total. The zero-order valence-corrected chi connectivity index (χ0v) is 11.4. The lowest BCUT2D eigenvalue weighted by molar-refractivity contribution is 0.772. The van der Waals surface area contributed by atoms with E-state index in [0.717, 1.165) is 17.8 Å². The molecule has 0 atom stereocenters. The first-order chi connectivity index (χ1) is 8.63. The molecule has 0 aliphatic rings. The molecule has 0 aliphatic heterocycles. The smallest absolute Gasteiger partial charge is 0.0683 e. The van der Waals surface area contributed by atoms with Crippen LogP contribution >= 0.6 is 0 Å². The summed E-state index contributed by atoms with van der Waals surface area (Å²) >= 11 is 0. The fourth-order valence-corrected chi connectivity index (χ4v) is 2.22. The fraction of sp³-hybridized carbons (Fsp3) is 0.400. The molecule has 3 heteroatoms. The van der Waals surface area contributed by atoms with Crippen molar-refractivity contribution in [2.45, 2.75) is 33.1 Å². The molecular weight excluding hydrogens is 222 g/mol. The number of nitrogens with two attached hydrogens (primary N) is 1. The largest absolute Gasteiger partial charge is 0.330 e. The van der Waals surface area contributed by atoms with Gasteiger partial charge in [0.25, 0.3) is 0 Å². The van der Waals surface area contributed by atoms with Crippen LogP contribution < -0.4 is 5.73 Å². The van der Waals surface area contributed by atoms with Crippen molar-refractivity contribution in [2.75, 3.05) is 6.54 Å². The van der Waals surface area contributed by atoms with Crippen LogP contribution in [-0.4, -0.2) is 16.3 Å². The predicted molar refractivity (Wildman–Crippen MR) is 75.1 cm³/mol. The van der Waals surface area contributed by atoms with Gasteiger partial charge in [-0.3, -0.25) is 0 Å². The van der Waals surface area contributed by atoms with Crippen molar-refractivity contribution in [2.24, 2.45) is 5.73 Å². The first kappa shape index (κ1) is 12.8. The van der Waals surface area contributed by atoms with Gasteiger partial charge >= 0.3 is 0 Å². The van der Waals surface area contributed by atoms with E-state index in [1.165, 1.54) is 11.3 Å². The van der Waals surface area contributed by atoms with Gasteiger partial charge < -0.3 is 5.73 Å². The Labute approximate surface area is 109 Å². The van der Waals surface area contributed by atoms with Gasteiger partial charge in [-0.2, -0.15) is 5.10 Å². The summed E-state index contributed by atoms with van der Waals surface area (Å²) < 4.78 is 2.03. The summed E-state index contributed by atoms with van der Waals surface area (Å²) in [5.74, 6) is 0.489. The quantitative estimate of drug-likeness (QED) is 0.897. The number of rotatable bonds is 4. The summed E-state index contributed by atoms with van der Waals surface area (Å²) in [6.45, 7) is 7.14. The zero-order valence-electron chi connectivity index (χ0n) is 11.4. The van der Waals surface area contributed by atoms with Crippen LogP contribution in [0.15, 0.2) is 30.3 Å². The minimum atomic E-state index is 0.489. The molecule has 1 aromatic heterocycles. The Morgan fingerprint density at radius 2 is 2.00 bits per heavy atom. The van der Waals surface area contributed by atoms with Crippen LogP contribution in [0.25, 0.3) is 5.69 Å². The van der Waals surface area contributed by atoms with Crippen molar-refractivity contribution in [3.8, 4) is 5.69 Å². The van der Waals surface area contributed by atoms with Gasteiger partial charge in [0.1, 0.15) is 0 Å². The lowest BCUT2D eigenvalue weighted by atomic mass is 10.0. The summed E-state index contributed by atoms with van der Waals surface area (Å²) in [5.41, 5.74) is 10.3. The lowest BCUT2D eigenvalue weighted by Gasteiger charge is -2.13. The second-order valence-electron chi connectivity index (χ2n) is 4.94. The van der Waals surface area contributed by atoms with E-state index in [2.05, 4.69) is 56.2 Å². The molecule has 0 bridgehead atoms. The third-order valence-electron chi connectivity index (χ3n) is 3.13. The second-order valence-corrected chi connectivity index (χ2v) is 4.94. The average Bonchev–Trinajstić information content (AvgIpc) is 2.70. The molecule has 0 spiro atoms. The molecular formula is C15H21N3. The van der Waals surface area contributed by atoms with Crippen LogP contribution in [0.3, 0.4) is 0 Å².